The highest BCUT2D eigenvalue weighted by Gasteiger charge is 2.24. The third-order valence-electron chi connectivity index (χ3n) is 3.02. The maximum absolute atomic E-state index is 11.5. The van der Waals surface area contributed by atoms with E-state index in [1.807, 2.05) is 0 Å². The average Bonchev–Trinajstić information content (AvgIpc) is 2.40. The lowest BCUT2D eigenvalue weighted by Gasteiger charge is -2.31. The summed E-state index contributed by atoms with van der Waals surface area (Å²) in [6.07, 6.45) is -0.599. The van der Waals surface area contributed by atoms with Crippen LogP contribution in [0.5, 0.6) is 0 Å². The van der Waals surface area contributed by atoms with Crippen LogP contribution in [-0.4, -0.2) is 69.6 Å². The SMILES string of the molecule is CCOC(=O)NCC[NH+]1CCN(C(=O)OCC)CC1. The minimum atomic E-state index is -0.368. The summed E-state index contributed by atoms with van der Waals surface area (Å²) in [4.78, 5) is 25.7. The molecule has 7 nitrogen and oxygen atoms in total. The first-order chi connectivity index (χ1) is 9.17. The van der Waals surface area contributed by atoms with Gasteiger partial charge >= 0.3 is 12.2 Å². The van der Waals surface area contributed by atoms with Crippen LogP contribution in [0.15, 0.2) is 0 Å². The molecule has 110 valence electrons. The third-order valence-corrected chi connectivity index (χ3v) is 3.02. The van der Waals surface area contributed by atoms with Crippen LogP contribution in [0.3, 0.4) is 0 Å². The van der Waals surface area contributed by atoms with Gasteiger partial charge < -0.3 is 19.7 Å². The molecule has 1 aliphatic rings. The molecule has 0 aromatic heterocycles. The minimum Gasteiger partial charge on any atom is -0.450 e. The molecule has 19 heavy (non-hydrogen) atoms. The van der Waals surface area contributed by atoms with Gasteiger partial charge in [-0.05, 0) is 13.8 Å². The second-order valence-electron chi connectivity index (χ2n) is 4.33. The molecule has 2 N–H and O–H groups in total. The summed E-state index contributed by atoms with van der Waals surface area (Å²) in [7, 11) is 0. The third kappa shape index (κ3) is 5.78. The lowest BCUT2D eigenvalue weighted by molar-refractivity contribution is -0.902. The van der Waals surface area contributed by atoms with E-state index in [1.165, 1.54) is 4.90 Å². The number of hydrogen-bond donors (Lipinski definition) is 2. The lowest BCUT2D eigenvalue weighted by Crippen LogP contribution is -3.15. The van der Waals surface area contributed by atoms with Gasteiger partial charge in [0.2, 0.25) is 0 Å². The molecule has 7 heteroatoms. The molecular formula is C12H24N3O4+. The summed E-state index contributed by atoms with van der Waals surface area (Å²) in [5.74, 6) is 0. The summed E-state index contributed by atoms with van der Waals surface area (Å²) < 4.78 is 9.74. The molecule has 0 aromatic rings. The molecule has 0 spiro atoms. The fourth-order valence-electron chi connectivity index (χ4n) is 1.99. The van der Waals surface area contributed by atoms with E-state index < -0.39 is 0 Å². The number of amides is 2. The molecule has 1 fully saturated rings. The number of piperazine rings is 1. The van der Waals surface area contributed by atoms with Crippen LogP contribution in [-0.2, 0) is 9.47 Å². The van der Waals surface area contributed by atoms with Gasteiger partial charge in [0.1, 0.15) is 0 Å². The van der Waals surface area contributed by atoms with Gasteiger partial charge in [-0.2, -0.15) is 0 Å². The lowest BCUT2D eigenvalue weighted by atomic mass is 10.3. The zero-order valence-electron chi connectivity index (χ0n) is 11.7. The van der Waals surface area contributed by atoms with Gasteiger partial charge in [-0.15, -0.1) is 0 Å². The van der Waals surface area contributed by atoms with Crippen LogP contribution in [0.4, 0.5) is 9.59 Å². The Kier molecular flexibility index (Phi) is 7.02. The Labute approximate surface area is 113 Å². The van der Waals surface area contributed by atoms with E-state index in [9.17, 15) is 9.59 Å². The highest BCUT2D eigenvalue weighted by molar-refractivity contribution is 5.67. The monoisotopic (exact) mass is 274 g/mol. The van der Waals surface area contributed by atoms with E-state index in [1.54, 1.807) is 18.7 Å². The van der Waals surface area contributed by atoms with Crippen molar-refractivity contribution in [3.8, 4) is 0 Å². The summed E-state index contributed by atoms with van der Waals surface area (Å²) in [6, 6.07) is 0. The number of nitrogens with zero attached hydrogens (tertiary/aromatic N) is 1. The van der Waals surface area contributed by atoms with Gasteiger partial charge in [0.05, 0.1) is 52.5 Å². The topological polar surface area (TPSA) is 72.3 Å². The summed E-state index contributed by atoms with van der Waals surface area (Å²) >= 11 is 0. The summed E-state index contributed by atoms with van der Waals surface area (Å²) in [5.41, 5.74) is 0. The molecule has 0 aliphatic carbocycles. The van der Waals surface area contributed by atoms with Crippen molar-refractivity contribution in [1.82, 2.24) is 10.2 Å². The minimum absolute atomic E-state index is 0.230. The number of carbonyl (C=O) groups is 2. The van der Waals surface area contributed by atoms with E-state index in [0.717, 1.165) is 19.6 Å². The van der Waals surface area contributed by atoms with Crippen molar-refractivity contribution in [1.29, 1.82) is 0 Å². The molecule has 1 rings (SSSR count). The fourth-order valence-corrected chi connectivity index (χ4v) is 1.99. The van der Waals surface area contributed by atoms with Gasteiger partial charge in [-0.1, -0.05) is 0 Å². The maximum Gasteiger partial charge on any atom is 0.410 e. The molecule has 0 saturated carbocycles. The van der Waals surface area contributed by atoms with Crippen LogP contribution in [0.2, 0.25) is 0 Å². The van der Waals surface area contributed by atoms with Gasteiger partial charge in [-0.25, -0.2) is 9.59 Å². The Balaban J connectivity index is 2.13. The van der Waals surface area contributed by atoms with Crippen molar-refractivity contribution in [2.45, 2.75) is 13.8 Å². The highest BCUT2D eigenvalue weighted by Crippen LogP contribution is 1.94. The molecule has 0 radical (unpaired) electrons. The molecule has 1 saturated heterocycles. The zero-order chi connectivity index (χ0) is 14.1. The van der Waals surface area contributed by atoms with E-state index >= 15 is 0 Å². The number of carbonyl (C=O) groups excluding carboxylic acids is 2. The van der Waals surface area contributed by atoms with Crippen molar-refractivity contribution in [3.63, 3.8) is 0 Å². The molecule has 1 aliphatic heterocycles. The second kappa shape index (κ2) is 8.58. The standard InChI is InChI=1S/C12H23N3O4/c1-3-18-11(16)13-5-6-14-7-9-15(10-8-14)12(17)19-4-2/h3-10H2,1-2H3,(H,13,16)/p+1. The van der Waals surface area contributed by atoms with Crippen molar-refractivity contribution in [2.24, 2.45) is 0 Å². The Morgan fingerprint density at radius 2 is 1.79 bits per heavy atom. The predicted octanol–water partition coefficient (Wildman–Crippen LogP) is -0.910. The van der Waals surface area contributed by atoms with Crippen molar-refractivity contribution >= 4 is 12.2 Å². The van der Waals surface area contributed by atoms with E-state index in [-0.39, 0.29) is 12.2 Å². The number of alkyl carbamates (subject to hydrolysis) is 1. The normalized spacial score (nSPS) is 16.0. The Hall–Kier alpha value is -1.50. The molecule has 0 aromatic carbocycles. The number of nitrogens with one attached hydrogen (secondary N) is 2. The van der Waals surface area contributed by atoms with E-state index in [0.29, 0.717) is 32.8 Å². The number of ether oxygens (including phenoxy) is 2. The first-order valence-electron chi connectivity index (χ1n) is 6.83. The van der Waals surface area contributed by atoms with Crippen LogP contribution < -0.4 is 10.2 Å². The van der Waals surface area contributed by atoms with Crippen LogP contribution >= 0.6 is 0 Å². The maximum atomic E-state index is 11.5. The largest absolute Gasteiger partial charge is 0.450 e. The summed E-state index contributed by atoms with van der Waals surface area (Å²) in [5, 5.41) is 2.70. The first-order valence-corrected chi connectivity index (χ1v) is 6.83. The molecule has 1 heterocycles. The van der Waals surface area contributed by atoms with E-state index in [4.69, 9.17) is 9.47 Å². The van der Waals surface area contributed by atoms with Crippen molar-refractivity contribution in [3.05, 3.63) is 0 Å². The quantitative estimate of drug-likeness (QED) is 0.681. The van der Waals surface area contributed by atoms with Crippen LogP contribution in [0, 0.1) is 0 Å². The van der Waals surface area contributed by atoms with Gasteiger partial charge in [-0.3, -0.25) is 4.90 Å². The van der Waals surface area contributed by atoms with Gasteiger partial charge in [0.25, 0.3) is 0 Å². The molecule has 0 atom stereocenters. The number of hydrogen-bond acceptors (Lipinski definition) is 4. The molecule has 2 amide bonds. The zero-order valence-corrected chi connectivity index (χ0v) is 11.7. The number of quaternary nitrogens is 1. The smallest absolute Gasteiger partial charge is 0.410 e. The summed E-state index contributed by atoms with van der Waals surface area (Å²) in [6.45, 7) is 8.98. The number of rotatable bonds is 5. The van der Waals surface area contributed by atoms with Gasteiger partial charge in [0.15, 0.2) is 0 Å². The molecule has 0 bridgehead atoms. The van der Waals surface area contributed by atoms with Crippen molar-refractivity contribution < 1.29 is 24.0 Å². The molecule has 0 unspecified atom stereocenters. The second-order valence-corrected chi connectivity index (χ2v) is 4.33. The van der Waals surface area contributed by atoms with Gasteiger partial charge in [0, 0.05) is 0 Å². The first kappa shape index (κ1) is 15.6. The Bertz CT molecular complexity index is 288. The van der Waals surface area contributed by atoms with Crippen molar-refractivity contribution in [2.75, 3.05) is 52.5 Å². The Morgan fingerprint density at radius 1 is 1.16 bits per heavy atom. The fraction of sp³-hybridized carbons (Fsp3) is 0.833. The molecular weight excluding hydrogens is 250 g/mol. The highest BCUT2D eigenvalue weighted by atomic mass is 16.6. The van der Waals surface area contributed by atoms with E-state index in [2.05, 4.69) is 5.32 Å². The average molecular weight is 274 g/mol. The van der Waals surface area contributed by atoms with Crippen LogP contribution in [0.1, 0.15) is 13.8 Å². The predicted molar refractivity (Wildman–Crippen MR) is 69.2 cm³/mol. The van der Waals surface area contributed by atoms with Crippen LogP contribution in [0.25, 0.3) is 0 Å². The Morgan fingerprint density at radius 3 is 2.37 bits per heavy atom.